The van der Waals surface area contributed by atoms with Crippen LogP contribution in [0.2, 0.25) is 0 Å². The molecular weight excluding hydrogens is 309 g/mol. The van der Waals surface area contributed by atoms with Crippen molar-refractivity contribution in [1.29, 1.82) is 0 Å². The highest BCUT2D eigenvalue weighted by molar-refractivity contribution is 5.91. The van der Waals surface area contributed by atoms with Gasteiger partial charge in [0.05, 0.1) is 12.5 Å². The number of aryl methyl sites for hydroxylation is 2. The number of carbonyl (C=O) groups is 1. The molecule has 1 N–H and O–H groups in total. The average Bonchev–Trinajstić information content (AvgIpc) is 2.82. The lowest BCUT2D eigenvalue weighted by Gasteiger charge is -2.14. The summed E-state index contributed by atoms with van der Waals surface area (Å²) < 4.78 is 39.1. The van der Waals surface area contributed by atoms with Gasteiger partial charge in [0, 0.05) is 11.9 Å². The minimum absolute atomic E-state index is 0.0552. The molecule has 0 unspecified atom stereocenters. The second kappa shape index (κ2) is 6.39. The smallest absolute Gasteiger partial charge is 0.310 e. The fraction of sp³-hybridized carbons (Fsp3) is 0.400. The Morgan fingerprint density at radius 1 is 1.39 bits per heavy atom. The molecule has 0 fully saturated rings. The standard InChI is InChI=1S/C15H17F3N4O/c1-9-5-4-6-19-13(9)20-14(23)10(2)8-22-11(3)7-12(21-22)15(16,17)18/h4-7,10H,8H2,1-3H3,(H,19,20,23)/t10-/m0/s1. The zero-order valence-corrected chi connectivity index (χ0v) is 13.0. The van der Waals surface area contributed by atoms with E-state index in [0.29, 0.717) is 11.5 Å². The van der Waals surface area contributed by atoms with Crippen LogP contribution in [0.15, 0.2) is 24.4 Å². The van der Waals surface area contributed by atoms with Gasteiger partial charge in [0.2, 0.25) is 5.91 Å². The summed E-state index contributed by atoms with van der Waals surface area (Å²) in [5.41, 5.74) is 0.205. The van der Waals surface area contributed by atoms with E-state index in [1.165, 1.54) is 11.6 Å². The average molecular weight is 326 g/mol. The van der Waals surface area contributed by atoms with Gasteiger partial charge in [-0.25, -0.2) is 4.98 Å². The van der Waals surface area contributed by atoms with Crippen molar-refractivity contribution in [2.24, 2.45) is 5.92 Å². The van der Waals surface area contributed by atoms with Crippen LogP contribution in [0.1, 0.15) is 23.9 Å². The van der Waals surface area contributed by atoms with Crippen molar-refractivity contribution in [3.8, 4) is 0 Å². The van der Waals surface area contributed by atoms with Crippen molar-refractivity contribution in [1.82, 2.24) is 14.8 Å². The summed E-state index contributed by atoms with van der Waals surface area (Å²) in [5.74, 6) is -0.441. The van der Waals surface area contributed by atoms with E-state index in [-0.39, 0.29) is 12.5 Å². The summed E-state index contributed by atoms with van der Waals surface area (Å²) in [4.78, 5) is 16.2. The van der Waals surface area contributed by atoms with Crippen LogP contribution in [0.5, 0.6) is 0 Å². The van der Waals surface area contributed by atoms with Crippen LogP contribution >= 0.6 is 0 Å². The molecule has 2 aromatic heterocycles. The Morgan fingerprint density at radius 3 is 2.65 bits per heavy atom. The molecule has 23 heavy (non-hydrogen) atoms. The van der Waals surface area contributed by atoms with Crippen LogP contribution in [0, 0.1) is 19.8 Å². The monoisotopic (exact) mass is 326 g/mol. The van der Waals surface area contributed by atoms with Crippen molar-refractivity contribution < 1.29 is 18.0 Å². The second-order valence-electron chi connectivity index (χ2n) is 5.41. The third kappa shape index (κ3) is 4.08. The van der Waals surface area contributed by atoms with Crippen LogP contribution in [-0.2, 0) is 17.5 Å². The van der Waals surface area contributed by atoms with Crippen LogP contribution in [-0.4, -0.2) is 20.7 Å². The molecule has 1 atom stereocenters. The Balaban J connectivity index is 2.07. The highest BCUT2D eigenvalue weighted by atomic mass is 19.4. The molecule has 0 spiro atoms. The Kier molecular flexibility index (Phi) is 4.72. The van der Waals surface area contributed by atoms with Gasteiger partial charge >= 0.3 is 6.18 Å². The molecule has 8 heteroatoms. The molecule has 0 aliphatic rings. The van der Waals surface area contributed by atoms with E-state index in [2.05, 4.69) is 15.4 Å². The quantitative estimate of drug-likeness (QED) is 0.939. The van der Waals surface area contributed by atoms with Crippen molar-refractivity contribution in [2.45, 2.75) is 33.5 Å². The summed E-state index contributed by atoms with van der Waals surface area (Å²) in [6, 6.07) is 4.52. The molecule has 1 amide bonds. The summed E-state index contributed by atoms with van der Waals surface area (Å²) in [5, 5.41) is 6.20. The summed E-state index contributed by atoms with van der Waals surface area (Å²) in [6.45, 7) is 5.01. The molecule has 0 aliphatic heterocycles. The van der Waals surface area contributed by atoms with E-state index in [9.17, 15) is 18.0 Å². The molecule has 0 radical (unpaired) electrons. The van der Waals surface area contributed by atoms with E-state index in [1.54, 1.807) is 32.2 Å². The number of aromatic nitrogens is 3. The topological polar surface area (TPSA) is 59.8 Å². The van der Waals surface area contributed by atoms with E-state index in [4.69, 9.17) is 0 Å². The molecule has 0 aliphatic carbocycles. The van der Waals surface area contributed by atoms with Gasteiger partial charge in [0.1, 0.15) is 5.82 Å². The van der Waals surface area contributed by atoms with E-state index in [0.717, 1.165) is 11.6 Å². The lowest BCUT2D eigenvalue weighted by atomic mass is 10.1. The number of pyridine rings is 1. The Labute approximate surface area is 131 Å². The van der Waals surface area contributed by atoms with Gasteiger partial charge in [0.25, 0.3) is 0 Å². The maximum absolute atomic E-state index is 12.6. The molecule has 0 aromatic carbocycles. The fourth-order valence-electron chi connectivity index (χ4n) is 2.03. The van der Waals surface area contributed by atoms with Crippen LogP contribution in [0.3, 0.4) is 0 Å². The molecule has 5 nitrogen and oxygen atoms in total. The molecular formula is C15H17F3N4O. The number of alkyl halides is 3. The van der Waals surface area contributed by atoms with Crippen LogP contribution in [0.4, 0.5) is 19.0 Å². The summed E-state index contributed by atoms with van der Waals surface area (Å²) in [7, 11) is 0. The number of nitrogens with one attached hydrogen (secondary N) is 1. The Hall–Kier alpha value is -2.38. The van der Waals surface area contributed by atoms with Gasteiger partial charge in [-0.2, -0.15) is 18.3 Å². The highest BCUT2D eigenvalue weighted by Crippen LogP contribution is 2.28. The lowest BCUT2D eigenvalue weighted by molar-refractivity contribution is -0.141. The number of anilines is 1. The first-order chi connectivity index (χ1) is 10.7. The van der Waals surface area contributed by atoms with Gasteiger partial charge in [-0.15, -0.1) is 0 Å². The first-order valence-corrected chi connectivity index (χ1v) is 7.02. The fourth-order valence-corrected chi connectivity index (χ4v) is 2.03. The minimum Gasteiger partial charge on any atom is -0.310 e. The van der Waals surface area contributed by atoms with Gasteiger partial charge in [-0.3, -0.25) is 9.48 Å². The number of nitrogens with zero attached hydrogens (tertiary/aromatic N) is 3. The highest BCUT2D eigenvalue weighted by Gasteiger charge is 2.34. The molecule has 0 bridgehead atoms. The number of halogens is 3. The predicted octanol–water partition coefficient (Wildman–Crippen LogP) is 3.19. The molecule has 0 saturated carbocycles. The first-order valence-electron chi connectivity index (χ1n) is 7.02. The molecule has 2 rings (SSSR count). The van der Waals surface area contributed by atoms with Crippen LogP contribution in [0.25, 0.3) is 0 Å². The van der Waals surface area contributed by atoms with Gasteiger partial charge in [-0.1, -0.05) is 13.0 Å². The number of rotatable bonds is 4. The number of hydrogen-bond acceptors (Lipinski definition) is 3. The van der Waals surface area contributed by atoms with Crippen molar-refractivity contribution in [3.05, 3.63) is 41.3 Å². The van der Waals surface area contributed by atoms with Crippen LogP contribution < -0.4 is 5.32 Å². The van der Waals surface area contributed by atoms with E-state index < -0.39 is 17.8 Å². The van der Waals surface area contributed by atoms with Crippen molar-refractivity contribution in [2.75, 3.05) is 5.32 Å². The summed E-state index contributed by atoms with van der Waals surface area (Å²) in [6.07, 6.45) is -2.94. The minimum atomic E-state index is -4.49. The van der Waals surface area contributed by atoms with Crippen molar-refractivity contribution >= 4 is 11.7 Å². The maximum atomic E-state index is 12.6. The third-order valence-corrected chi connectivity index (χ3v) is 3.42. The SMILES string of the molecule is Cc1cccnc1NC(=O)[C@@H](C)Cn1nc(C(F)(F)F)cc1C. The number of carbonyl (C=O) groups excluding carboxylic acids is 1. The molecule has 0 saturated heterocycles. The molecule has 124 valence electrons. The Bertz CT molecular complexity index is 709. The van der Waals surface area contributed by atoms with E-state index in [1.807, 2.05) is 0 Å². The zero-order valence-electron chi connectivity index (χ0n) is 13.0. The third-order valence-electron chi connectivity index (χ3n) is 3.42. The molecule has 2 aromatic rings. The zero-order chi connectivity index (χ0) is 17.2. The normalized spacial score (nSPS) is 13.0. The first kappa shape index (κ1) is 17.0. The number of hydrogen-bond donors (Lipinski definition) is 1. The predicted molar refractivity (Wildman–Crippen MR) is 78.7 cm³/mol. The maximum Gasteiger partial charge on any atom is 0.435 e. The number of amides is 1. The Morgan fingerprint density at radius 2 is 2.09 bits per heavy atom. The van der Waals surface area contributed by atoms with Gasteiger partial charge in [-0.05, 0) is 31.5 Å². The lowest BCUT2D eigenvalue weighted by Crippen LogP contribution is -2.26. The van der Waals surface area contributed by atoms with E-state index >= 15 is 0 Å². The van der Waals surface area contributed by atoms with Gasteiger partial charge < -0.3 is 5.32 Å². The summed E-state index contributed by atoms with van der Waals surface area (Å²) >= 11 is 0. The second-order valence-corrected chi connectivity index (χ2v) is 5.41. The van der Waals surface area contributed by atoms with Gasteiger partial charge in [0.15, 0.2) is 5.69 Å². The van der Waals surface area contributed by atoms with Crippen molar-refractivity contribution in [3.63, 3.8) is 0 Å². The largest absolute Gasteiger partial charge is 0.435 e. The molecule has 2 heterocycles.